The molecule has 0 atom stereocenters. The molecule has 1 aromatic rings. The lowest BCUT2D eigenvalue weighted by molar-refractivity contribution is 0.825. The SMILES string of the molecule is CCCNC(N)=NCc1cccc(C)c1. The van der Waals surface area contributed by atoms with Gasteiger partial charge in [0, 0.05) is 6.54 Å². The summed E-state index contributed by atoms with van der Waals surface area (Å²) >= 11 is 0. The number of nitrogens with zero attached hydrogens (tertiary/aromatic N) is 1. The van der Waals surface area contributed by atoms with Gasteiger partial charge in [0.05, 0.1) is 6.54 Å². The Morgan fingerprint density at radius 2 is 2.27 bits per heavy atom. The van der Waals surface area contributed by atoms with E-state index in [1.807, 2.05) is 6.07 Å². The van der Waals surface area contributed by atoms with Crippen molar-refractivity contribution < 1.29 is 0 Å². The van der Waals surface area contributed by atoms with Crippen LogP contribution >= 0.6 is 0 Å². The van der Waals surface area contributed by atoms with Crippen LogP contribution in [0.1, 0.15) is 24.5 Å². The molecule has 3 heteroatoms. The second-order valence-electron chi connectivity index (χ2n) is 3.62. The van der Waals surface area contributed by atoms with Gasteiger partial charge in [-0.1, -0.05) is 36.8 Å². The summed E-state index contributed by atoms with van der Waals surface area (Å²) in [5, 5.41) is 3.04. The Hall–Kier alpha value is -1.51. The number of hydrogen-bond acceptors (Lipinski definition) is 1. The summed E-state index contributed by atoms with van der Waals surface area (Å²) in [6.07, 6.45) is 1.06. The molecule has 0 aliphatic carbocycles. The zero-order chi connectivity index (χ0) is 11.1. The van der Waals surface area contributed by atoms with Crippen molar-refractivity contribution in [2.45, 2.75) is 26.8 Å². The summed E-state index contributed by atoms with van der Waals surface area (Å²) in [7, 11) is 0. The molecule has 15 heavy (non-hydrogen) atoms. The minimum absolute atomic E-state index is 0.526. The van der Waals surface area contributed by atoms with Crippen LogP contribution in [0.5, 0.6) is 0 Å². The van der Waals surface area contributed by atoms with E-state index in [4.69, 9.17) is 5.73 Å². The second-order valence-corrected chi connectivity index (χ2v) is 3.62. The molecule has 0 aromatic heterocycles. The number of rotatable bonds is 4. The quantitative estimate of drug-likeness (QED) is 0.582. The molecule has 1 rings (SSSR count). The average molecular weight is 205 g/mol. The first kappa shape index (κ1) is 11.6. The molecule has 0 bridgehead atoms. The zero-order valence-corrected chi connectivity index (χ0v) is 9.46. The number of guanidine groups is 1. The highest BCUT2D eigenvalue weighted by Gasteiger charge is 1.93. The molecule has 0 amide bonds. The van der Waals surface area contributed by atoms with Crippen molar-refractivity contribution in [2.75, 3.05) is 6.54 Å². The van der Waals surface area contributed by atoms with E-state index in [0.717, 1.165) is 13.0 Å². The van der Waals surface area contributed by atoms with E-state index < -0.39 is 0 Å². The third-order valence-corrected chi connectivity index (χ3v) is 2.07. The summed E-state index contributed by atoms with van der Waals surface area (Å²) in [5.74, 6) is 0.526. The summed E-state index contributed by atoms with van der Waals surface area (Å²) in [6, 6.07) is 8.29. The Bertz CT molecular complexity index is 331. The maximum atomic E-state index is 5.68. The zero-order valence-electron chi connectivity index (χ0n) is 9.46. The van der Waals surface area contributed by atoms with Crippen molar-refractivity contribution in [3.05, 3.63) is 35.4 Å². The molecule has 0 radical (unpaired) electrons. The number of hydrogen-bond donors (Lipinski definition) is 2. The highest BCUT2D eigenvalue weighted by Crippen LogP contribution is 2.04. The highest BCUT2D eigenvalue weighted by molar-refractivity contribution is 5.77. The topological polar surface area (TPSA) is 50.4 Å². The van der Waals surface area contributed by atoms with E-state index in [1.54, 1.807) is 0 Å². The van der Waals surface area contributed by atoms with Crippen LogP contribution in [0.2, 0.25) is 0 Å². The van der Waals surface area contributed by atoms with Gasteiger partial charge in [0.25, 0.3) is 0 Å². The lowest BCUT2D eigenvalue weighted by atomic mass is 10.1. The van der Waals surface area contributed by atoms with Gasteiger partial charge in [-0.3, -0.25) is 0 Å². The van der Waals surface area contributed by atoms with E-state index >= 15 is 0 Å². The largest absolute Gasteiger partial charge is 0.370 e. The molecule has 0 saturated carbocycles. The Balaban J connectivity index is 2.48. The van der Waals surface area contributed by atoms with Gasteiger partial charge in [0.1, 0.15) is 0 Å². The number of benzene rings is 1. The highest BCUT2D eigenvalue weighted by atomic mass is 15.1. The van der Waals surface area contributed by atoms with Gasteiger partial charge in [0.2, 0.25) is 0 Å². The number of nitrogens with two attached hydrogens (primary N) is 1. The first-order valence-corrected chi connectivity index (χ1v) is 5.31. The maximum absolute atomic E-state index is 5.68. The smallest absolute Gasteiger partial charge is 0.188 e. The van der Waals surface area contributed by atoms with Gasteiger partial charge in [-0.25, -0.2) is 4.99 Å². The Morgan fingerprint density at radius 3 is 2.93 bits per heavy atom. The van der Waals surface area contributed by atoms with Crippen molar-refractivity contribution >= 4 is 5.96 Å². The third kappa shape index (κ3) is 4.49. The van der Waals surface area contributed by atoms with E-state index in [0.29, 0.717) is 12.5 Å². The fourth-order valence-corrected chi connectivity index (χ4v) is 1.30. The van der Waals surface area contributed by atoms with Gasteiger partial charge in [0.15, 0.2) is 5.96 Å². The lowest BCUT2D eigenvalue weighted by Crippen LogP contribution is -2.32. The Kier molecular flexibility index (Phi) is 4.68. The van der Waals surface area contributed by atoms with Gasteiger partial charge < -0.3 is 11.1 Å². The van der Waals surface area contributed by atoms with E-state index in [1.165, 1.54) is 11.1 Å². The fraction of sp³-hybridized carbons (Fsp3) is 0.417. The standard InChI is InChI=1S/C12H19N3/c1-3-7-14-12(13)15-9-11-6-4-5-10(2)8-11/h4-6,8H,3,7,9H2,1-2H3,(H3,13,14,15). The van der Waals surface area contributed by atoms with E-state index in [2.05, 4.69) is 42.4 Å². The lowest BCUT2D eigenvalue weighted by Gasteiger charge is -2.03. The fourth-order valence-electron chi connectivity index (χ4n) is 1.30. The Morgan fingerprint density at radius 1 is 1.47 bits per heavy atom. The normalized spacial score (nSPS) is 11.5. The second kappa shape index (κ2) is 6.06. The predicted molar refractivity (Wildman–Crippen MR) is 64.8 cm³/mol. The van der Waals surface area contributed by atoms with Gasteiger partial charge in [-0.15, -0.1) is 0 Å². The molecule has 82 valence electrons. The molecule has 3 nitrogen and oxygen atoms in total. The van der Waals surface area contributed by atoms with Crippen LogP contribution in [0, 0.1) is 6.92 Å². The van der Waals surface area contributed by atoms with Crippen LogP contribution in [-0.2, 0) is 6.54 Å². The van der Waals surface area contributed by atoms with Gasteiger partial charge >= 0.3 is 0 Å². The average Bonchev–Trinajstić information content (AvgIpc) is 2.23. The molecule has 0 aliphatic heterocycles. The van der Waals surface area contributed by atoms with Crippen LogP contribution in [0.25, 0.3) is 0 Å². The predicted octanol–water partition coefficient (Wildman–Crippen LogP) is 1.81. The van der Waals surface area contributed by atoms with Gasteiger partial charge in [-0.2, -0.15) is 0 Å². The summed E-state index contributed by atoms with van der Waals surface area (Å²) in [4.78, 5) is 4.26. The van der Waals surface area contributed by atoms with Crippen LogP contribution in [0.3, 0.4) is 0 Å². The molecule has 0 unspecified atom stereocenters. The maximum Gasteiger partial charge on any atom is 0.188 e. The minimum Gasteiger partial charge on any atom is -0.370 e. The number of aliphatic imine (C=N–C) groups is 1. The van der Waals surface area contributed by atoms with Crippen molar-refractivity contribution in [1.82, 2.24) is 5.32 Å². The molecule has 0 spiro atoms. The first-order valence-electron chi connectivity index (χ1n) is 5.31. The summed E-state index contributed by atoms with van der Waals surface area (Å²) in [5.41, 5.74) is 8.13. The van der Waals surface area contributed by atoms with Crippen molar-refractivity contribution in [2.24, 2.45) is 10.7 Å². The third-order valence-electron chi connectivity index (χ3n) is 2.07. The molecule has 0 heterocycles. The van der Waals surface area contributed by atoms with Crippen LogP contribution < -0.4 is 11.1 Å². The summed E-state index contributed by atoms with van der Waals surface area (Å²) < 4.78 is 0. The van der Waals surface area contributed by atoms with E-state index in [9.17, 15) is 0 Å². The number of aryl methyl sites for hydroxylation is 1. The van der Waals surface area contributed by atoms with Gasteiger partial charge in [-0.05, 0) is 18.9 Å². The van der Waals surface area contributed by atoms with Crippen LogP contribution in [-0.4, -0.2) is 12.5 Å². The van der Waals surface area contributed by atoms with E-state index in [-0.39, 0.29) is 0 Å². The number of nitrogens with one attached hydrogen (secondary N) is 1. The first-order chi connectivity index (χ1) is 7.22. The van der Waals surface area contributed by atoms with Crippen molar-refractivity contribution in [3.63, 3.8) is 0 Å². The Labute approximate surface area is 91.4 Å². The van der Waals surface area contributed by atoms with Crippen molar-refractivity contribution in [1.29, 1.82) is 0 Å². The minimum atomic E-state index is 0.526. The summed E-state index contributed by atoms with van der Waals surface area (Å²) in [6.45, 7) is 5.69. The van der Waals surface area contributed by atoms with Crippen LogP contribution in [0.4, 0.5) is 0 Å². The molecule has 1 aromatic carbocycles. The molecular weight excluding hydrogens is 186 g/mol. The van der Waals surface area contributed by atoms with Crippen molar-refractivity contribution in [3.8, 4) is 0 Å². The molecule has 3 N–H and O–H groups in total. The monoisotopic (exact) mass is 205 g/mol. The molecular formula is C12H19N3. The molecule has 0 aliphatic rings. The molecule has 0 fully saturated rings. The molecule has 0 saturated heterocycles. The van der Waals surface area contributed by atoms with Crippen LogP contribution in [0.15, 0.2) is 29.3 Å².